The van der Waals surface area contributed by atoms with Crippen molar-refractivity contribution in [1.82, 2.24) is 19.9 Å². The molecule has 0 aliphatic heterocycles. The number of carbonyl (C=O) groups is 1. The van der Waals surface area contributed by atoms with Gasteiger partial charge in [-0.15, -0.1) is 0 Å². The number of pyridine rings is 4. The number of nitrogens with two attached hydrogens (primary N) is 1. The van der Waals surface area contributed by atoms with Gasteiger partial charge in [-0.05, 0) is 55.3 Å². The van der Waals surface area contributed by atoms with Crippen LogP contribution in [0.15, 0.2) is 73.3 Å². The van der Waals surface area contributed by atoms with Crippen LogP contribution in [0.4, 0.5) is 0 Å². The van der Waals surface area contributed by atoms with Crippen LogP contribution in [0, 0.1) is 11.3 Å². The number of hydrogen-bond donors (Lipinski definition) is 1. The zero-order chi connectivity index (χ0) is 35.6. The molecule has 4 aromatic rings. The molecule has 0 radical (unpaired) electrons. The zero-order valence-corrected chi connectivity index (χ0v) is 31.1. The normalized spacial score (nSPS) is 8.13. The predicted molar refractivity (Wildman–Crippen MR) is 194 cm³/mol. The Labute approximate surface area is 291 Å². The van der Waals surface area contributed by atoms with Crippen LogP contribution in [0.5, 0.6) is 0 Å². The fraction of sp³-hybridized carbons (Fsp3) is 0.353. The van der Waals surface area contributed by atoms with Crippen LogP contribution in [0.1, 0.15) is 96.3 Å². The first-order valence-corrected chi connectivity index (χ1v) is 16.3. The van der Waals surface area contributed by atoms with E-state index in [9.17, 15) is 4.79 Å². The molecule has 0 aliphatic rings. The van der Waals surface area contributed by atoms with E-state index in [-0.39, 0.29) is 16.1 Å². The molecular formula is C34H48Cl4N6O. The van der Waals surface area contributed by atoms with Crippen molar-refractivity contribution in [3.05, 3.63) is 116 Å². The lowest BCUT2D eigenvalue weighted by Gasteiger charge is -1.95. The lowest BCUT2D eigenvalue weighted by Crippen LogP contribution is -1.97. The van der Waals surface area contributed by atoms with Crippen molar-refractivity contribution < 1.29 is 4.79 Å². The molecule has 4 heterocycles. The average molecular weight is 699 g/mol. The topological polar surface area (TPSA) is 118 Å². The van der Waals surface area contributed by atoms with E-state index in [4.69, 9.17) is 57.4 Å². The van der Waals surface area contributed by atoms with Gasteiger partial charge >= 0.3 is 0 Å². The summed E-state index contributed by atoms with van der Waals surface area (Å²) in [4.78, 5) is 25.9. The summed E-state index contributed by atoms with van der Waals surface area (Å²) in [6, 6.07) is 16.1. The van der Waals surface area contributed by atoms with Crippen LogP contribution in [-0.2, 0) is 13.0 Å². The molecule has 0 unspecified atom stereocenters. The lowest BCUT2D eigenvalue weighted by molar-refractivity contribution is 0.101. The minimum atomic E-state index is -0.0573. The highest BCUT2D eigenvalue weighted by atomic mass is 35.5. The maximum atomic E-state index is 10.7. The van der Waals surface area contributed by atoms with Gasteiger partial charge in [-0.2, -0.15) is 5.26 Å². The average Bonchev–Trinajstić information content (AvgIpc) is 3.10. The van der Waals surface area contributed by atoms with Gasteiger partial charge in [-0.3, -0.25) is 4.79 Å². The van der Waals surface area contributed by atoms with Crippen molar-refractivity contribution in [2.45, 2.75) is 82.2 Å². The van der Waals surface area contributed by atoms with E-state index in [1.807, 2.05) is 85.7 Å². The maximum absolute atomic E-state index is 10.7. The molecule has 0 atom stereocenters. The summed E-state index contributed by atoms with van der Waals surface area (Å²) in [6.07, 6.45) is 7.38. The fourth-order valence-electron chi connectivity index (χ4n) is 2.37. The molecule has 4 aromatic heterocycles. The third-order valence-electron chi connectivity index (χ3n) is 4.29. The summed E-state index contributed by atoms with van der Waals surface area (Å²) in [5.74, 6) is -0.0573. The SMILES string of the molecule is CC.CC.CC.CC.CC(=O)c1cccnc1Cl.CCc1cccnc1Cl.N#Cc1cccnc1Cl.NCc1cccnc1Cl. The molecule has 0 spiro atoms. The second-order valence-electron chi connectivity index (χ2n) is 6.82. The number of hydrogen-bond acceptors (Lipinski definition) is 7. The van der Waals surface area contributed by atoms with Crippen LogP contribution >= 0.6 is 46.4 Å². The maximum Gasteiger partial charge on any atom is 0.162 e. The van der Waals surface area contributed by atoms with E-state index in [0.29, 0.717) is 28.0 Å². The summed E-state index contributed by atoms with van der Waals surface area (Å²) in [7, 11) is 0. The van der Waals surface area contributed by atoms with Crippen molar-refractivity contribution >= 4 is 52.2 Å². The molecule has 248 valence electrons. The second kappa shape index (κ2) is 35.4. The van der Waals surface area contributed by atoms with Crippen LogP contribution in [0.25, 0.3) is 0 Å². The first kappa shape index (κ1) is 48.8. The van der Waals surface area contributed by atoms with E-state index in [2.05, 4.69) is 26.9 Å². The van der Waals surface area contributed by atoms with E-state index in [0.717, 1.165) is 17.5 Å². The Balaban J connectivity index is -0.000000231. The van der Waals surface area contributed by atoms with E-state index < -0.39 is 0 Å². The van der Waals surface area contributed by atoms with Gasteiger partial charge in [-0.1, -0.05) is 121 Å². The summed E-state index contributed by atoms with van der Waals surface area (Å²) in [5, 5.41) is 10.0. The highest BCUT2D eigenvalue weighted by molar-refractivity contribution is 6.32. The predicted octanol–water partition coefficient (Wildman–Crippen LogP) is 11.1. The molecule has 0 aliphatic carbocycles. The third kappa shape index (κ3) is 23.9. The Bertz CT molecular complexity index is 1260. The molecule has 45 heavy (non-hydrogen) atoms. The first-order valence-electron chi connectivity index (χ1n) is 14.8. The number of rotatable bonds is 3. The molecule has 2 N–H and O–H groups in total. The highest BCUT2D eigenvalue weighted by Gasteiger charge is 2.03. The zero-order valence-electron chi connectivity index (χ0n) is 28.1. The van der Waals surface area contributed by atoms with Crippen molar-refractivity contribution in [3.8, 4) is 6.07 Å². The van der Waals surface area contributed by atoms with Crippen molar-refractivity contribution in [2.75, 3.05) is 0 Å². The van der Waals surface area contributed by atoms with Crippen molar-refractivity contribution in [3.63, 3.8) is 0 Å². The molecule has 0 bridgehead atoms. The molecule has 0 aromatic carbocycles. The van der Waals surface area contributed by atoms with Crippen LogP contribution < -0.4 is 5.73 Å². The summed E-state index contributed by atoms with van der Waals surface area (Å²) >= 11 is 22.4. The Hall–Kier alpha value is -3.12. The molecular weight excluding hydrogens is 650 g/mol. The van der Waals surface area contributed by atoms with Gasteiger partial charge < -0.3 is 5.73 Å². The molecule has 0 fully saturated rings. The third-order valence-corrected chi connectivity index (χ3v) is 5.57. The molecule has 0 saturated heterocycles. The molecule has 0 saturated carbocycles. The Morgan fingerprint density at radius 2 is 1.04 bits per heavy atom. The van der Waals surface area contributed by atoms with E-state index in [1.54, 1.807) is 49.1 Å². The van der Waals surface area contributed by atoms with Crippen LogP contribution in [0.2, 0.25) is 20.6 Å². The summed E-state index contributed by atoms with van der Waals surface area (Å²) in [5.41, 5.74) is 8.22. The summed E-state index contributed by atoms with van der Waals surface area (Å²) < 4.78 is 0. The van der Waals surface area contributed by atoms with Crippen LogP contribution in [-0.4, -0.2) is 25.7 Å². The van der Waals surface area contributed by atoms with Gasteiger partial charge in [0.1, 0.15) is 26.7 Å². The minimum Gasteiger partial charge on any atom is -0.326 e. The molecule has 11 heteroatoms. The van der Waals surface area contributed by atoms with E-state index in [1.165, 1.54) is 6.92 Å². The monoisotopic (exact) mass is 696 g/mol. The number of aryl methyl sites for hydroxylation is 1. The Morgan fingerprint density at radius 1 is 0.667 bits per heavy atom. The smallest absolute Gasteiger partial charge is 0.162 e. The molecule has 4 rings (SSSR count). The standard InChI is InChI=1S/C7H6ClNO.C7H8ClN.C6H7ClN2.C6H3ClN2.4C2H6/c1-5(10)6-3-2-4-9-7(6)8;1-2-6-4-3-5-9-7(6)8;2*7-6-5(4-8)2-1-3-9-6;4*1-2/h2-4H,1H3;3-5H,2H2,1H3;1-3H,4,8H2;1-3H;4*1-2H3. The largest absolute Gasteiger partial charge is 0.326 e. The number of ketones is 1. The lowest BCUT2D eigenvalue weighted by atomic mass is 10.2. The number of nitrogens with zero attached hydrogens (tertiary/aromatic N) is 5. The Morgan fingerprint density at radius 3 is 1.29 bits per heavy atom. The molecule has 7 nitrogen and oxygen atoms in total. The van der Waals surface area contributed by atoms with Crippen LogP contribution in [0.3, 0.4) is 0 Å². The number of Topliss-reactive ketones (excluding diaryl/α,β-unsaturated/α-hetero) is 1. The van der Waals surface area contributed by atoms with Gasteiger partial charge in [0.25, 0.3) is 0 Å². The quantitative estimate of drug-likeness (QED) is 0.167. The number of carbonyl (C=O) groups excluding carboxylic acids is 1. The van der Waals surface area contributed by atoms with Crippen molar-refractivity contribution in [1.29, 1.82) is 5.26 Å². The minimum absolute atomic E-state index is 0.0573. The molecule has 0 amide bonds. The van der Waals surface area contributed by atoms with Gasteiger partial charge in [0.15, 0.2) is 5.78 Å². The number of halogens is 4. The fourth-order valence-corrected chi connectivity index (χ4v) is 3.24. The van der Waals surface area contributed by atoms with Gasteiger partial charge in [0.05, 0.1) is 11.1 Å². The number of aromatic nitrogens is 4. The number of nitriles is 1. The summed E-state index contributed by atoms with van der Waals surface area (Å²) in [6.45, 7) is 20.0. The second-order valence-corrected chi connectivity index (χ2v) is 8.25. The van der Waals surface area contributed by atoms with Gasteiger partial charge in [0, 0.05) is 36.9 Å². The van der Waals surface area contributed by atoms with Crippen molar-refractivity contribution in [2.24, 2.45) is 5.73 Å². The first-order chi connectivity index (χ1) is 21.7. The highest BCUT2D eigenvalue weighted by Crippen LogP contribution is 2.12. The van der Waals surface area contributed by atoms with Gasteiger partial charge in [-0.25, -0.2) is 19.9 Å². The van der Waals surface area contributed by atoms with Gasteiger partial charge in [0.2, 0.25) is 0 Å². The van der Waals surface area contributed by atoms with E-state index >= 15 is 0 Å². The Kier molecular flexibility index (Phi) is 38.3.